The summed E-state index contributed by atoms with van der Waals surface area (Å²) in [6.07, 6.45) is 4.88. The zero-order chi connectivity index (χ0) is 17.8. The number of hydrogen-bond acceptors (Lipinski definition) is 5. The Bertz CT molecular complexity index is 823. The van der Waals surface area contributed by atoms with Gasteiger partial charge in [-0.1, -0.05) is 0 Å². The average molecular weight is 339 g/mol. The van der Waals surface area contributed by atoms with Crippen LogP contribution in [-0.2, 0) is 4.79 Å². The van der Waals surface area contributed by atoms with Crippen LogP contribution in [0, 0.1) is 6.92 Å². The van der Waals surface area contributed by atoms with Crippen molar-refractivity contribution in [2.24, 2.45) is 0 Å². The number of nitrogens with zero attached hydrogens (tertiary/aromatic N) is 4. The Morgan fingerprint density at radius 1 is 1.24 bits per heavy atom. The monoisotopic (exact) mass is 339 g/mol. The van der Waals surface area contributed by atoms with E-state index in [1.807, 2.05) is 45.0 Å². The van der Waals surface area contributed by atoms with Gasteiger partial charge in [0.15, 0.2) is 0 Å². The third-order valence-electron chi connectivity index (χ3n) is 4.05. The molecule has 0 aliphatic rings. The molecule has 2 atom stereocenters. The van der Waals surface area contributed by atoms with E-state index >= 15 is 0 Å². The van der Waals surface area contributed by atoms with Crippen LogP contribution >= 0.6 is 0 Å². The van der Waals surface area contributed by atoms with Crippen LogP contribution in [0.1, 0.15) is 31.1 Å². The Morgan fingerprint density at radius 3 is 2.60 bits per heavy atom. The summed E-state index contributed by atoms with van der Waals surface area (Å²) in [7, 11) is 0. The Labute approximate surface area is 145 Å². The first-order valence-electron chi connectivity index (χ1n) is 8.06. The van der Waals surface area contributed by atoms with Gasteiger partial charge in [-0.2, -0.15) is 10.2 Å². The van der Waals surface area contributed by atoms with Crippen LogP contribution in [0.2, 0.25) is 0 Å². The Hall–Kier alpha value is -3.00. The minimum absolute atomic E-state index is 0.0224. The number of aromatic nitrogens is 5. The van der Waals surface area contributed by atoms with Crippen molar-refractivity contribution in [3.05, 3.63) is 54.4 Å². The molecule has 0 bridgehead atoms. The third-order valence-corrected chi connectivity index (χ3v) is 4.05. The summed E-state index contributed by atoms with van der Waals surface area (Å²) in [6.45, 7) is 5.81. The molecule has 0 saturated carbocycles. The number of H-pyrrole nitrogens is 1. The number of anilines is 1. The van der Waals surface area contributed by atoms with Gasteiger partial charge in [0.1, 0.15) is 12.7 Å². The van der Waals surface area contributed by atoms with Crippen LogP contribution in [0.4, 0.5) is 5.69 Å². The van der Waals surface area contributed by atoms with E-state index in [2.05, 4.69) is 30.9 Å². The summed E-state index contributed by atoms with van der Waals surface area (Å²) >= 11 is 0. The molecule has 2 aromatic heterocycles. The molecule has 0 aliphatic heterocycles. The zero-order valence-corrected chi connectivity index (χ0v) is 14.4. The maximum absolute atomic E-state index is 12.4. The van der Waals surface area contributed by atoms with Crippen LogP contribution in [-0.4, -0.2) is 36.9 Å². The first-order chi connectivity index (χ1) is 12.0. The van der Waals surface area contributed by atoms with Gasteiger partial charge in [0, 0.05) is 23.0 Å². The lowest BCUT2D eigenvalue weighted by Crippen LogP contribution is -2.39. The second-order valence-electron chi connectivity index (χ2n) is 5.94. The molecule has 25 heavy (non-hydrogen) atoms. The molecule has 130 valence electrons. The number of carbonyl (C=O) groups excluding carboxylic acids is 1. The second kappa shape index (κ2) is 7.27. The van der Waals surface area contributed by atoms with Crippen molar-refractivity contribution in [3.63, 3.8) is 0 Å². The number of benzene rings is 1. The molecule has 8 nitrogen and oxygen atoms in total. The fourth-order valence-corrected chi connectivity index (χ4v) is 2.63. The van der Waals surface area contributed by atoms with E-state index in [0.717, 1.165) is 22.6 Å². The molecular formula is C17H21N7O. The molecule has 8 heteroatoms. The molecule has 3 aromatic rings. The highest BCUT2D eigenvalue weighted by Crippen LogP contribution is 2.16. The largest absolute Gasteiger partial charge is 0.325 e. The van der Waals surface area contributed by atoms with Crippen LogP contribution in [0.15, 0.2) is 43.1 Å². The minimum Gasteiger partial charge on any atom is -0.325 e. The van der Waals surface area contributed by atoms with Gasteiger partial charge in [-0.05, 0) is 45.0 Å². The molecule has 1 amide bonds. The maximum atomic E-state index is 12.4. The van der Waals surface area contributed by atoms with E-state index in [1.165, 1.54) is 6.33 Å². The highest BCUT2D eigenvalue weighted by molar-refractivity contribution is 5.94. The van der Waals surface area contributed by atoms with Crippen LogP contribution in [0.25, 0.3) is 5.69 Å². The Kier molecular flexibility index (Phi) is 4.90. The molecule has 0 unspecified atom stereocenters. The number of rotatable bonds is 6. The average Bonchev–Trinajstić information content (AvgIpc) is 3.27. The first-order valence-corrected chi connectivity index (χ1v) is 8.06. The fraction of sp³-hybridized carbons (Fsp3) is 0.294. The molecule has 0 saturated heterocycles. The SMILES string of the molecule is Cc1[nH]ncc1[C@@H](C)N[C@@H](C)C(=O)Nc1ccc(-n2cncn2)cc1. The van der Waals surface area contributed by atoms with Crippen molar-refractivity contribution in [1.29, 1.82) is 0 Å². The Balaban J connectivity index is 1.59. The van der Waals surface area contributed by atoms with Crippen molar-refractivity contribution < 1.29 is 4.79 Å². The summed E-state index contributed by atoms with van der Waals surface area (Å²) in [5, 5.41) is 17.2. The predicted molar refractivity (Wildman–Crippen MR) is 94.3 cm³/mol. The predicted octanol–water partition coefficient (Wildman–Crippen LogP) is 1.98. The number of hydrogen-bond donors (Lipinski definition) is 3. The van der Waals surface area contributed by atoms with Crippen molar-refractivity contribution >= 4 is 11.6 Å². The topological polar surface area (TPSA) is 101 Å². The summed E-state index contributed by atoms with van der Waals surface area (Å²) in [6, 6.07) is 7.10. The molecule has 2 heterocycles. The molecule has 1 aromatic carbocycles. The minimum atomic E-state index is -0.348. The van der Waals surface area contributed by atoms with E-state index in [-0.39, 0.29) is 18.0 Å². The summed E-state index contributed by atoms with van der Waals surface area (Å²) < 4.78 is 1.66. The fourth-order valence-electron chi connectivity index (χ4n) is 2.63. The number of carbonyl (C=O) groups is 1. The van der Waals surface area contributed by atoms with Crippen LogP contribution < -0.4 is 10.6 Å². The smallest absolute Gasteiger partial charge is 0.241 e. The summed E-state index contributed by atoms with van der Waals surface area (Å²) in [4.78, 5) is 16.3. The van der Waals surface area contributed by atoms with E-state index in [9.17, 15) is 4.79 Å². The lowest BCUT2D eigenvalue weighted by molar-refractivity contribution is -0.117. The van der Waals surface area contributed by atoms with E-state index in [0.29, 0.717) is 0 Å². The molecule has 3 N–H and O–H groups in total. The molecule has 0 radical (unpaired) electrons. The van der Waals surface area contributed by atoms with E-state index < -0.39 is 0 Å². The van der Waals surface area contributed by atoms with Gasteiger partial charge < -0.3 is 5.32 Å². The Morgan fingerprint density at radius 2 is 2.00 bits per heavy atom. The van der Waals surface area contributed by atoms with Gasteiger partial charge in [0.2, 0.25) is 5.91 Å². The number of nitrogens with one attached hydrogen (secondary N) is 3. The number of aromatic amines is 1. The van der Waals surface area contributed by atoms with E-state index in [4.69, 9.17) is 0 Å². The van der Waals surface area contributed by atoms with Gasteiger partial charge in [-0.15, -0.1) is 0 Å². The zero-order valence-electron chi connectivity index (χ0n) is 14.4. The van der Waals surface area contributed by atoms with Gasteiger partial charge in [0.25, 0.3) is 0 Å². The van der Waals surface area contributed by atoms with Crippen molar-refractivity contribution in [3.8, 4) is 5.69 Å². The standard InChI is InChI=1S/C17H21N7O/c1-11(16-8-19-23-12(16)2)21-13(3)17(25)22-14-4-6-15(7-5-14)24-10-18-9-20-24/h4-11,13,21H,1-3H3,(H,19,23)(H,22,25)/t11-,13+/m1/s1. The van der Waals surface area contributed by atoms with Crippen LogP contribution in [0.3, 0.4) is 0 Å². The molecule has 0 spiro atoms. The highest BCUT2D eigenvalue weighted by Gasteiger charge is 2.18. The summed E-state index contributed by atoms with van der Waals surface area (Å²) in [5.74, 6) is -0.0958. The molecular weight excluding hydrogens is 318 g/mol. The maximum Gasteiger partial charge on any atom is 0.241 e. The quantitative estimate of drug-likeness (QED) is 0.637. The van der Waals surface area contributed by atoms with E-state index in [1.54, 1.807) is 17.2 Å². The molecule has 0 fully saturated rings. The first kappa shape index (κ1) is 16.8. The van der Waals surface area contributed by atoms with Crippen LogP contribution in [0.5, 0.6) is 0 Å². The lowest BCUT2D eigenvalue weighted by atomic mass is 10.1. The van der Waals surface area contributed by atoms with Gasteiger partial charge in [0.05, 0.1) is 17.9 Å². The van der Waals surface area contributed by atoms with Gasteiger partial charge in [-0.25, -0.2) is 9.67 Å². The van der Waals surface area contributed by atoms with Crippen molar-refractivity contribution in [2.75, 3.05) is 5.32 Å². The molecule has 0 aliphatic carbocycles. The number of aryl methyl sites for hydroxylation is 1. The highest BCUT2D eigenvalue weighted by atomic mass is 16.2. The van der Waals surface area contributed by atoms with Gasteiger partial charge in [-0.3, -0.25) is 15.2 Å². The van der Waals surface area contributed by atoms with Crippen molar-refractivity contribution in [1.82, 2.24) is 30.3 Å². The number of amides is 1. The second-order valence-corrected chi connectivity index (χ2v) is 5.94. The normalized spacial score (nSPS) is 13.4. The molecule has 3 rings (SSSR count). The lowest BCUT2D eigenvalue weighted by Gasteiger charge is -2.19. The summed E-state index contributed by atoms with van der Waals surface area (Å²) in [5.41, 5.74) is 3.66. The van der Waals surface area contributed by atoms with Gasteiger partial charge >= 0.3 is 0 Å². The van der Waals surface area contributed by atoms with Crippen molar-refractivity contribution in [2.45, 2.75) is 32.9 Å². The third kappa shape index (κ3) is 3.92.